The molecule has 1 aliphatic heterocycles. The zero-order valence-electron chi connectivity index (χ0n) is 16.0. The van der Waals surface area contributed by atoms with Crippen LogP contribution in [-0.2, 0) is 21.4 Å². The number of nitrogens with one attached hydrogen (secondary N) is 1. The molecule has 0 unspecified atom stereocenters. The van der Waals surface area contributed by atoms with Crippen molar-refractivity contribution in [2.24, 2.45) is 5.92 Å². The maximum atomic E-state index is 13.0. The van der Waals surface area contributed by atoms with E-state index in [1.807, 2.05) is 31.2 Å². The van der Waals surface area contributed by atoms with Gasteiger partial charge in [-0.25, -0.2) is 13.0 Å². The van der Waals surface area contributed by atoms with E-state index in [-0.39, 0.29) is 35.3 Å². The van der Waals surface area contributed by atoms with Crippen LogP contribution in [0.2, 0.25) is 0 Å². The summed E-state index contributed by atoms with van der Waals surface area (Å²) in [5.74, 6) is -0.234. The first-order chi connectivity index (χ1) is 13.9. The fourth-order valence-corrected chi connectivity index (χ4v) is 5.25. The minimum absolute atomic E-state index is 0.0358. The van der Waals surface area contributed by atoms with E-state index < -0.39 is 10.0 Å². The van der Waals surface area contributed by atoms with Gasteiger partial charge in [-0.15, -0.1) is 0 Å². The van der Waals surface area contributed by atoms with Crippen molar-refractivity contribution < 1.29 is 17.8 Å². The lowest BCUT2D eigenvalue weighted by Crippen LogP contribution is -2.42. The van der Waals surface area contributed by atoms with E-state index in [9.17, 15) is 13.2 Å². The molecule has 29 heavy (non-hydrogen) atoms. The second-order valence-corrected chi connectivity index (χ2v) is 9.18. The van der Waals surface area contributed by atoms with Crippen molar-refractivity contribution in [2.45, 2.75) is 31.2 Å². The second kappa shape index (κ2) is 7.92. The van der Waals surface area contributed by atoms with Crippen molar-refractivity contribution in [2.75, 3.05) is 13.1 Å². The number of hydrogen-bond acceptors (Lipinski definition) is 6. The van der Waals surface area contributed by atoms with Crippen LogP contribution in [0.5, 0.6) is 0 Å². The summed E-state index contributed by atoms with van der Waals surface area (Å²) in [5.41, 5.74) is 2.82. The smallest absolute Gasteiger partial charge is 0.245 e. The van der Waals surface area contributed by atoms with Crippen LogP contribution in [0.15, 0.2) is 52.0 Å². The molecule has 0 spiro atoms. The highest BCUT2D eigenvalue weighted by Crippen LogP contribution is 2.27. The molecule has 0 bridgehead atoms. The largest absolute Gasteiger partial charge is 0.352 e. The van der Waals surface area contributed by atoms with E-state index >= 15 is 0 Å². The summed E-state index contributed by atoms with van der Waals surface area (Å²) in [5, 5.41) is 10.4. The normalized spacial score (nSPS) is 16.2. The summed E-state index contributed by atoms with van der Waals surface area (Å²) in [4.78, 5) is 12.6. The van der Waals surface area contributed by atoms with Crippen LogP contribution in [0.1, 0.15) is 24.0 Å². The van der Waals surface area contributed by atoms with E-state index in [2.05, 4.69) is 20.3 Å². The third-order valence-electron chi connectivity index (χ3n) is 5.24. The lowest BCUT2D eigenvalue weighted by atomic mass is 9.97. The Hall–Kier alpha value is -2.78. The third kappa shape index (κ3) is 4.01. The number of piperidine rings is 1. The van der Waals surface area contributed by atoms with E-state index in [0.29, 0.717) is 24.9 Å². The van der Waals surface area contributed by atoms with Gasteiger partial charge in [0.2, 0.25) is 15.9 Å². The molecule has 1 saturated heterocycles. The first-order valence-electron chi connectivity index (χ1n) is 9.50. The van der Waals surface area contributed by atoms with Crippen LogP contribution < -0.4 is 5.32 Å². The Morgan fingerprint density at radius 2 is 1.93 bits per heavy atom. The highest BCUT2D eigenvalue weighted by Gasteiger charge is 2.33. The summed E-state index contributed by atoms with van der Waals surface area (Å²) in [6.07, 6.45) is 0.956. The van der Waals surface area contributed by atoms with Gasteiger partial charge < -0.3 is 5.32 Å². The van der Waals surface area contributed by atoms with Gasteiger partial charge >= 0.3 is 0 Å². The highest BCUT2D eigenvalue weighted by atomic mass is 32.2. The van der Waals surface area contributed by atoms with Gasteiger partial charge in [0.1, 0.15) is 10.4 Å². The molecule has 1 fully saturated rings. The molecule has 8 nitrogen and oxygen atoms in total. The van der Waals surface area contributed by atoms with E-state index in [0.717, 1.165) is 11.1 Å². The van der Waals surface area contributed by atoms with Crippen LogP contribution in [-0.4, -0.2) is 42.0 Å². The van der Waals surface area contributed by atoms with E-state index in [1.54, 1.807) is 12.1 Å². The first-order valence-corrected chi connectivity index (χ1v) is 10.9. The van der Waals surface area contributed by atoms with Crippen molar-refractivity contribution >= 4 is 27.0 Å². The number of carbonyl (C=O) groups is 1. The monoisotopic (exact) mass is 414 g/mol. The summed E-state index contributed by atoms with van der Waals surface area (Å²) < 4.78 is 32.1. The van der Waals surface area contributed by atoms with E-state index in [1.165, 1.54) is 10.4 Å². The number of rotatable bonds is 5. The third-order valence-corrected chi connectivity index (χ3v) is 7.17. The summed E-state index contributed by atoms with van der Waals surface area (Å²) in [6, 6.07) is 12.8. The molecule has 152 valence electrons. The maximum Gasteiger partial charge on any atom is 0.245 e. The highest BCUT2D eigenvalue weighted by molar-refractivity contribution is 7.89. The Kier molecular flexibility index (Phi) is 5.33. The molecular formula is C20H22N4O4S. The number of hydrogen-bond donors (Lipinski definition) is 1. The lowest BCUT2D eigenvalue weighted by molar-refractivity contribution is -0.126. The molecule has 0 radical (unpaired) electrons. The molecule has 1 amide bonds. The fraction of sp³-hybridized carbons (Fsp3) is 0.350. The average molecular weight is 414 g/mol. The van der Waals surface area contributed by atoms with Crippen LogP contribution in [0, 0.1) is 12.8 Å². The van der Waals surface area contributed by atoms with Crippen LogP contribution in [0.4, 0.5) is 0 Å². The lowest BCUT2D eigenvalue weighted by Gasteiger charge is -2.30. The first kappa shape index (κ1) is 19.5. The fourth-order valence-electron chi connectivity index (χ4n) is 3.64. The van der Waals surface area contributed by atoms with Gasteiger partial charge in [0, 0.05) is 25.6 Å². The average Bonchev–Trinajstić information content (AvgIpc) is 3.21. The van der Waals surface area contributed by atoms with Gasteiger partial charge in [-0.05, 0) is 47.8 Å². The van der Waals surface area contributed by atoms with Crippen molar-refractivity contribution in [1.29, 1.82) is 0 Å². The summed E-state index contributed by atoms with van der Waals surface area (Å²) in [7, 11) is -3.73. The Bertz CT molecular complexity index is 1130. The van der Waals surface area contributed by atoms with Gasteiger partial charge in [-0.3, -0.25) is 4.79 Å². The SMILES string of the molecule is Cc1cccc(CNC(=O)C2CCN(S(=O)(=O)c3cccc4nonc34)CC2)c1. The number of benzene rings is 2. The van der Waals surface area contributed by atoms with Crippen molar-refractivity contribution in [3.8, 4) is 0 Å². The molecule has 2 aromatic carbocycles. The van der Waals surface area contributed by atoms with Gasteiger partial charge in [-0.2, -0.15) is 4.31 Å². The molecule has 4 rings (SSSR count). The Balaban J connectivity index is 1.38. The molecule has 1 N–H and O–H groups in total. The second-order valence-electron chi connectivity index (χ2n) is 7.27. The van der Waals surface area contributed by atoms with Crippen LogP contribution >= 0.6 is 0 Å². The number of amides is 1. The maximum absolute atomic E-state index is 13.0. The predicted molar refractivity (Wildman–Crippen MR) is 106 cm³/mol. The number of carbonyl (C=O) groups excluding carboxylic acids is 1. The number of aromatic nitrogens is 2. The molecule has 1 aliphatic rings. The minimum atomic E-state index is -3.73. The molecule has 3 aromatic rings. The molecule has 0 atom stereocenters. The van der Waals surface area contributed by atoms with Gasteiger partial charge in [0.25, 0.3) is 0 Å². The topological polar surface area (TPSA) is 105 Å². The zero-order chi connectivity index (χ0) is 20.4. The molecule has 1 aromatic heterocycles. The summed E-state index contributed by atoms with van der Waals surface area (Å²) >= 11 is 0. The van der Waals surface area contributed by atoms with Gasteiger partial charge in [-0.1, -0.05) is 35.9 Å². The number of nitrogens with zero attached hydrogens (tertiary/aromatic N) is 3. The quantitative estimate of drug-likeness (QED) is 0.686. The van der Waals surface area contributed by atoms with Crippen molar-refractivity contribution in [3.63, 3.8) is 0 Å². The molecule has 0 saturated carbocycles. The molecule has 0 aliphatic carbocycles. The predicted octanol–water partition coefficient (Wildman–Crippen LogP) is 2.25. The van der Waals surface area contributed by atoms with Gasteiger partial charge in [0.05, 0.1) is 0 Å². The Morgan fingerprint density at radius 1 is 1.17 bits per heavy atom. The zero-order valence-corrected chi connectivity index (χ0v) is 16.9. The van der Waals surface area contributed by atoms with Crippen LogP contribution in [0.3, 0.4) is 0 Å². The Morgan fingerprint density at radius 3 is 2.69 bits per heavy atom. The summed E-state index contributed by atoms with van der Waals surface area (Å²) in [6.45, 7) is 3.05. The molecular weight excluding hydrogens is 392 g/mol. The van der Waals surface area contributed by atoms with Gasteiger partial charge in [0.15, 0.2) is 5.52 Å². The van der Waals surface area contributed by atoms with Crippen molar-refractivity contribution in [1.82, 2.24) is 19.9 Å². The van der Waals surface area contributed by atoms with E-state index in [4.69, 9.17) is 0 Å². The molecule has 9 heteroatoms. The van der Waals surface area contributed by atoms with Crippen molar-refractivity contribution in [3.05, 3.63) is 53.6 Å². The minimum Gasteiger partial charge on any atom is -0.352 e. The number of sulfonamides is 1. The molecule has 2 heterocycles. The Labute approximate surface area is 168 Å². The number of aryl methyl sites for hydroxylation is 1. The van der Waals surface area contributed by atoms with Crippen LogP contribution in [0.25, 0.3) is 11.0 Å². The standard InChI is InChI=1S/C20H22N4O4S/c1-14-4-2-5-15(12-14)13-21-20(25)16-8-10-24(11-9-16)29(26,27)18-7-3-6-17-19(18)23-28-22-17/h2-7,12,16H,8-11,13H2,1H3,(H,21,25). The number of fused-ring (bicyclic) bond motifs is 1.